The van der Waals surface area contributed by atoms with Crippen LogP contribution in [0.4, 0.5) is 9.18 Å². The molecule has 4 nitrogen and oxygen atoms in total. The summed E-state index contributed by atoms with van der Waals surface area (Å²) in [5.41, 5.74) is 7.80. The van der Waals surface area contributed by atoms with Crippen molar-refractivity contribution in [1.82, 2.24) is 4.90 Å². The first-order chi connectivity index (χ1) is 9.69. The van der Waals surface area contributed by atoms with Gasteiger partial charge < -0.3 is 15.4 Å². The maximum Gasteiger partial charge on any atom is 0.410 e. The lowest BCUT2D eigenvalue weighted by molar-refractivity contribution is 0.0234. The van der Waals surface area contributed by atoms with E-state index in [9.17, 15) is 9.18 Å². The molecule has 0 saturated carbocycles. The Morgan fingerprint density at radius 2 is 2.10 bits per heavy atom. The van der Waals surface area contributed by atoms with Crippen LogP contribution in [0, 0.1) is 12.7 Å². The fraction of sp³-hybridized carbons (Fsp3) is 0.562. The summed E-state index contributed by atoms with van der Waals surface area (Å²) >= 11 is 0. The molecule has 1 heterocycles. The molecule has 21 heavy (non-hydrogen) atoms. The van der Waals surface area contributed by atoms with Crippen LogP contribution in [0.25, 0.3) is 0 Å². The molecule has 0 radical (unpaired) electrons. The van der Waals surface area contributed by atoms with Gasteiger partial charge in [0.2, 0.25) is 0 Å². The van der Waals surface area contributed by atoms with Gasteiger partial charge in [0, 0.05) is 24.7 Å². The summed E-state index contributed by atoms with van der Waals surface area (Å²) in [5, 5.41) is 0. The number of hydrogen-bond acceptors (Lipinski definition) is 3. The Kier molecular flexibility index (Phi) is 4.23. The molecule has 0 aliphatic carbocycles. The minimum Gasteiger partial charge on any atom is -0.444 e. The zero-order valence-electron chi connectivity index (χ0n) is 13.1. The van der Waals surface area contributed by atoms with Crippen molar-refractivity contribution in [1.29, 1.82) is 0 Å². The first kappa shape index (κ1) is 15.8. The third kappa shape index (κ3) is 3.53. The zero-order valence-corrected chi connectivity index (χ0v) is 13.1. The van der Waals surface area contributed by atoms with Crippen LogP contribution in [0.15, 0.2) is 12.1 Å². The molecule has 1 unspecified atom stereocenters. The van der Waals surface area contributed by atoms with Crippen LogP contribution in [-0.4, -0.2) is 23.1 Å². The van der Waals surface area contributed by atoms with Crippen LogP contribution in [0.3, 0.4) is 0 Å². The topological polar surface area (TPSA) is 55.6 Å². The normalized spacial score (nSPS) is 19.0. The van der Waals surface area contributed by atoms with Crippen LogP contribution >= 0.6 is 0 Å². The second-order valence-electron chi connectivity index (χ2n) is 6.55. The number of amides is 1. The van der Waals surface area contributed by atoms with Crippen molar-refractivity contribution in [2.24, 2.45) is 5.73 Å². The van der Waals surface area contributed by atoms with Crippen molar-refractivity contribution in [2.45, 2.75) is 52.3 Å². The fourth-order valence-corrected chi connectivity index (χ4v) is 2.55. The summed E-state index contributed by atoms with van der Waals surface area (Å²) in [6.07, 6.45) is 0.137. The molecule has 1 amide bonds. The molecule has 1 aliphatic rings. The van der Waals surface area contributed by atoms with Crippen LogP contribution < -0.4 is 5.73 Å². The van der Waals surface area contributed by atoms with Crippen molar-refractivity contribution in [3.63, 3.8) is 0 Å². The minimum atomic E-state index is -0.550. The van der Waals surface area contributed by atoms with Gasteiger partial charge in [0.05, 0.1) is 0 Å². The summed E-state index contributed by atoms with van der Waals surface area (Å²) in [4.78, 5) is 13.8. The van der Waals surface area contributed by atoms with Gasteiger partial charge in [-0.1, -0.05) is 6.07 Å². The van der Waals surface area contributed by atoms with Gasteiger partial charge >= 0.3 is 6.09 Å². The number of nitrogens with two attached hydrogens (primary N) is 1. The van der Waals surface area contributed by atoms with E-state index in [0.717, 1.165) is 11.1 Å². The predicted molar refractivity (Wildman–Crippen MR) is 79.3 cm³/mol. The van der Waals surface area contributed by atoms with Gasteiger partial charge in [-0.25, -0.2) is 9.18 Å². The lowest BCUT2D eigenvalue weighted by atomic mass is 9.96. The summed E-state index contributed by atoms with van der Waals surface area (Å²) in [6, 6.07) is 2.77. The van der Waals surface area contributed by atoms with Gasteiger partial charge in [0.15, 0.2) is 0 Å². The Morgan fingerprint density at radius 1 is 1.43 bits per heavy atom. The second-order valence-corrected chi connectivity index (χ2v) is 6.55. The summed E-state index contributed by atoms with van der Waals surface area (Å²) in [7, 11) is 0. The zero-order chi connectivity index (χ0) is 15.8. The van der Waals surface area contributed by atoms with Crippen LogP contribution in [0.5, 0.6) is 0 Å². The molecular formula is C16H23FN2O2. The lowest BCUT2D eigenvalue weighted by Gasteiger charge is -2.27. The van der Waals surface area contributed by atoms with Gasteiger partial charge in [-0.3, -0.25) is 0 Å². The van der Waals surface area contributed by atoms with Crippen LogP contribution in [-0.2, 0) is 11.3 Å². The van der Waals surface area contributed by atoms with Crippen LogP contribution in [0.2, 0.25) is 0 Å². The number of ether oxygens (including phenoxy) is 1. The number of carbonyl (C=O) groups excluding carboxylic acids is 1. The SMILES string of the molecule is Cc1ccc(F)c2c1CN(C(=O)OC(C)(C)C)CCC2N. The Bertz CT molecular complexity index is 552. The van der Waals surface area contributed by atoms with Gasteiger partial charge in [-0.2, -0.15) is 0 Å². The molecule has 0 aromatic heterocycles. The number of halogens is 1. The molecule has 2 rings (SSSR count). The second kappa shape index (κ2) is 5.64. The number of nitrogens with zero attached hydrogens (tertiary/aromatic N) is 1. The highest BCUT2D eigenvalue weighted by molar-refractivity contribution is 5.68. The molecule has 1 atom stereocenters. The summed E-state index contributed by atoms with van der Waals surface area (Å²) in [5.74, 6) is -0.297. The molecule has 1 aliphatic heterocycles. The van der Waals surface area contributed by atoms with E-state index in [1.54, 1.807) is 11.0 Å². The van der Waals surface area contributed by atoms with E-state index >= 15 is 0 Å². The largest absolute Gasteiger partial charge is 0.444 e. The number of aryl methyl sites for hydroxylation is 1. The first-order valence-electron chi connectivity index (χ1n) is 7.20. The molecule has 1 aromatic carbocycles. The van der Waals surface area contributed by atoms with E-state index < -0.39 is 11.6 Å². The maximum atomic E-state index is 14.1. The van der Waals surface area contributed by atoms with Crippen LogP contribution in [0.1, 0.15) is 49.9 Å². The Hall–Kier alpha value is -1.62. The smallest absolute Gasteiger partial charge is 0.410 e. The van der Waals surface area contributed by atoms with Gasteiger partial charge in [-0.05, 0) is 51.3 Å². The van der Waals surface area contributed by atoms with Gasteiger partial charge in [0.1, 0.15) is 11.4 Å². The standard InChI is InChI=1S/C16H23FN2O2/c1-10-5-6-12(17)14-11(10)9-19(8-7-13(14)18)15(20)21-16(2,3)4/h5-6,13H,7-9,18H2,1-4H3. The van der Waals surface area contributed by atoms with Crippen molar-refractivity contribution >= 4 is 6.09 Å². The van der Waals surface area contributed by atoms with E-state index in [1.807, 2.05) is 27.7 Å². The number of carbonyl (C=O) groups is 1. The van der Waals surface area contributed by atoms with E-state index in [4.69, 9.17) is 10.5 Å². The molecule has 116 valence electrons. The van der Waals surface area contributed by atoms with Gasteiger partial charge in [0.25, 0.3) is 0 Å². The lowest BCUT2D eigenvalue weighted by Crippen LogP contribution is -2.36. The highest BCUT2D eigenvalue weighted by Gasteiger charge is 2.29. The number of benzene rings is 1. The van der Waals surface area contributed by atoms with Crippen molar-refractivity contribution in [3.8, 4) is 0 Å². The third-order valence-electron chi connectivity index (χ3n) is 3.62. The molecule has 5 heteroatoms. The monoisotopic (exact) mass is 294 g/mol. The van der Waals surface area contributed by atoms with Crippen molar-refractivity contribution in [2.75, 3.05) is 6.54 Å². The van der Waals surface area contributed by atoms with E-state index in [2.05, 4.69) is 0 Å². The first-order valence-corrected chi connectivity index (χ1v) is 7.20. The molecule has 0 fully saturated rings. The molecule has 1 aromatic rings. The van der Waals surface area contributed by atoms with Crippen molar-refractivity contribution < 1.29 is 13.9 Å². The highest BCUT2D eigenvalue weighted by atomic mass is 19.1. The van der Waals surface area contributed by atoms with Gasteiger partial charge in [-0.15, -0.1) is 0 Å². The molecule has 2 N–H and O–H groups in total. The van der Waals surface area contributed by atoms with Crippen molar-refractivity contribution in [3.05, 3.63) is 34.6 Å². The molecule has 0 spiro atoms. The quantitative estimate of drug-likeness (QED) is 0.799. The number of fused-ring (bicyclic) bond motifs is 1. The molecule has 0 bridgehead atoms. The summed E-state index contributed by atoms with van der Waals surface area (Å²) < 4.78 is 19.5. The highest BCUT2D eigenvalue weighted by Crippen LogP contribution is 2.30. The molecular weight excluding hydrogens is 271 g/mol. The molecule has 0 saturated heterocycles. The Labute approximate surface area is 125 Å². The average Bonchev–Trinajstić information content (AvgIpc) is 2.52. The fourth-order valence-electron chi connectivity index (χ4n) is 2.55. The van der Waals surface area contributed by atoms with E-state index in [0.29, 0.717) is 25.1 Å². The maximum absolute atomic E-state index is 14.1. The average molecular weight is 294 g/mol. The van der Waals surface area contributed by atoms with E-state index in [-0.39, 0.29) is 11.9 Å². The Morgan fingerprint density at radius 3 is 2.71 bits per heavy atom. The Balaban J connectivity index is 2.31. The predicted octanol–water partition coefficient (Wildman–Crippen LogP) is 3.27. The van der Waals surface area contributed by atoms with E-state index in [1.165, 1.54) is 6.07 Å². The number of rotatable bonds is 0. The minimum absolute atomic E-state index is 0.297. The third-order valence-corrected chi connectivity index (χ3v) is 3.62. The summed E-state index contributed by atoms with van der Waals surface area (Å²) in [6.45, 7) is 8.18. The number of hydrogen-bond donors (Lipinski definition) is 1.